The fourth-order valence-electron chi connectivity index (χ4n) is 2.48. The molecule has 0 aliphatic heterocycles. The van der Waals surface area contributed by atoms with Crippen LogP contribution in [0.3, 0.4) is 0 Å². The van der Waals surface area contributed by atoms with Gasteiger partial charge in [0, 0.05) is 0 Å². The maximum atomic E-state index is 5.67. The Morgan fingerprint density at radius 1 is 0.667 bits per heavy atom. The molecule has 0 saturated heterocycles. The first kappa shape index (κ1) is 13.1. The first-order valence-electron chi connectivity index (χ1n) is 6.76. The van der Waals surface area contributed by atoms with Crippen LogP contribution < -0.4 is 11.5 Å². The molecule has 2 aromatic carbocycles. The lowest BCUT2D eigenvalue weighted by atomic mass is 9.95. The average Bonchev–Trinajstić information content (AvgIpc) is 2.41. The second-order valence-corrected chi connectivity index (χ2v) is 4.71. The number of aryl methyl sites for hydroxylation is 1. The summed E-state index contributed by atoms with van der Waals surface area (Å²) in [7, 11) is 0. The summed E-state index contributed by atoms with van der Waals surface area (Å²) in [5, 5.41) is 2.73. The molecule has 2 rings (SSSR count). The molecule has 4 N–H and O–H groups in total. The van der Waals surface area contributed by atoms with Gasteiger partial charge in [0.1, 0.15) is 0 Å². The predicted octanol–water partition coefficient (Wildman–Crippen LogP) is 2.62. The smallest absolute Gasteiger partial charge is 0.00365 e. The Hall–Kier alpha value is -1.38. The van der Waals surface area contributed by atoms with Gasteiger partial charge in [-0.15, -0.1) is 0 Å². The van der Waals surface area contributed by atoms with Gasteiger partial charge >= 0.3 is 0 Å². The fourth-order valence-corrected chi connectivity index (χ4v) is 2.48. The molecular weight excluding hydrogens is 220 g/mol. The molecule has 0 saturated carbocycles. The minimum atomic E-state index is 0.705. The number of hydrogen-bond donors (Lipinski definition) is 2. The lowest BCUT2D eigenvalue weighted by Crippen LogP contribution is -2.04. The molecule has 0 fully saturated rings. The number of fused-ring (bicyclic) bond motifs is 1. The van der Waals surface area contributed by atoms with Crippen LogP contribution in [-0.4, -0.2) is 13.1 Å². The van der Waals surface area contributed by atoms with E-state index in [9.17, 15) is 0 Å². The largest absolute Gasteiger partial charge is 0.330 e. The number of benzene rings is 2. The third kappa shape index (κ3) is 2.89. The molecule has 18 heavy (non-hydrogen) atoms. The summed E-state index contributed by atoms with van der Waals surface area (Å²) in [6.07, 6.45) is 4.32. The lowest BCUT2D eigenvalue weighted by molar-refractivity contribution is 0.747. The van der Waals surface area contributed by atoms with E-state index < -0.39 is 0 Å². The maximum absolute atomic E-state index is 5.67. The van der Waals surface area contributed by atoms with Gasteiger partial charge in [-0.05, 0) is 60.7 Å². The SMILES string of the molecule is NCCCCc1ccc(CCN)c2ccccc12. The normalized spacial score (nSPS) is 11.0. The van der Waals surface area contributed by atoms with Gasteiger partial charge in [-0.25, -0.2) is 0 Å². The average molecular weight is 242 g/mol. The van der Waals surface area contributed by atoms with Gasteiger partial charge in [0.25, 0.3) is 0 Å². The van der Waals surface area contributed by atoms with Crippen molar-refractivity contribution in [3.05, 3.63) is 47.5 Å². The maximum Gasteiger partial charge on any atom is -0.00365 e. The second-order valence-electron chi connectivity index (χ2n) is 4.71. The predicted molar refractivity (Wildman–Crippen MR) is 78.7 cm³/mol. The second kappa shape index (κ2) is 6.53. The highest BCUT2D eigenvalue weighted by Crippen LogP contribution is 2.24. The van der Waals surface area contributed by atoms with Crippen molar-refractivity contribution in [3.8, 4) is 0 Å². The number of hydrogen-bond acceptors (Lipinski definition) is 2. The summed E-state index contributed by atoms with van der Waals surface area (Å²) >= 11 is 0. The number of unbranched alkanes of at least 4 members (excludes halogenated alkanes) is 1. The van der Waals surface area contributed by atoms with Crippen LogP contribution >= 0.6 is 0 Å². The van der Waals surface area contributed by atoms with Crippen molar-refractivity contribution in [2.75, 3.05) is 13.1 Å². The molecule has 0 heterocycles. The summed E-state index contributed by atoms with van der Waals surface area (Å²) in [4.78, 5) is 0. The van der Waals surface area contributed by atoms with Crippen LogP contribution in [0.2, 0.25) is 0 Å². The summed E-state index contributed by atoms with van der Waals surface area (Å²) in [6, 6.07) is 13.1. The molecule has 0 aromatic heterocycles. The fraction of sp³-hybridized carbons (Fsp3) is 0.375. The monoisotopic (exact) mass is 242 g/mol. The van der Waals surface area contributed by atoms with Crippen molar-refractivity contribution in [3.63, 3.8) is 0 Å². The van der Waals surface area contributed by atoms with E-state index in [2.05, 4.69) is 36.4 Å². The standard InChI is InChI=1S/C16H22N2/c17-11-4-3-5-13-8-9-14(10-12-18)16-7-2-1-6-15(13)16/h1-2,6-9H,3-5,10-12,17-18H2. The third-order valence-corrected chi connectivity index (χ3v) is 3.42. The molecule has 96 valence electrons. The van der Waals surface area contributed by atoms with Gasteiger partial charge in [0.15, 0.2) is 0 Å². The quantitative estimate of drug-likeness (QED) is 0.765. The molecule has 2 heteroatoms. The van der Waals surface area contributed by atoms with Gasteiger partial charge in [-0.3, -0.25) is 0 Å². The van der Waals surface area contributed by atoms with Crippen LogP contribution in [0.4, 0.5) is 0 Å². The number of nitrogens with two attached hydrogens (primary N) is 2. The van der Waals surface area contributed by atoms with E-state index in [4.69, 9.17) is 11.5 Å². The van der Waals surface area contributed by atoms with Crippen LogP contribution in [0.15, 0.2) is 36.4 Å². The Balaban J connectivity index is 2.34. The van der Waals surface area contributed by atoms with Crippen LogP contribution in [0.25, 0.3) is 10.8 Å². The number of rotatable bonds is 6. The van der Waals surface area contributed by atoms with E-state index in [1.165, 1.54) is 21.9 Å². The van der Waals surface area contributed by atoms with E-state index in [-0.39, 0.29) is 0 Å². The van der Waals surface area contributed by atoms with Gasteiger partial charge in [0.2, 0.25) is 0 Å². The highest BCUT2D eigenvalue weighted by Gasteiger charge is 2.04. The van der Waals surface area contributed by atoms with Crippen molar-refractivity contribution < 1.29 is 0 Å². The molecule has 2 aromatic rings. The molecule has 0 amide bonds. The van der Waals surface area contributed by atoms with Gasteiger partial charge in [-0.1, -0.05) is 36.4 Å². The summed E-state index contributed by atoms with van der Waals surface area (Å²) in [6.45, 7) is 1.49. The first-order valence-corrected chi connectivity index (χ1v) is 6.76. The molecule has 2 nitrogen and oxygen atoms in total. The van der Waals surface area contributed by atoms with Crippen molar-refractivity contribution in [1.29, 1.82) is 0 Å². The Kier molecular flexibility index (Phi) is 4.73. The van der Waals surface area contributed by atoms with Gasteiger partial charge in [-0.2, -0.15) is 0 Å². The summed E-state index contributed by atoms with van der Waals surface area (Å²) < 4.78 is 0. The van der Waals surface area contributed by atoms with Gasteiger partial charge in [0.05, 0.1) is 0 Å². The van der Waals surface area contributed by atoms with Crippen LogP contribution in [0, 0.1) is 0 Å². The van der Waals surface area contributed by atoms with E-state index in [1.54, 1.807) is 0 Å². The van der Waals surface area contributed by atoms with Crippen molar-refractivity contribution in [2.24, 2.45) is 11.5 Å². The zero-order chi connectivity index (χ0) is 12.8. The van der Waals surface area contributed by atoms with E-state index in [1.807, 2.05) is 0 Å². The molecule has 0 spiro atoms. The summed E-state index contributed by atoms with van der Waals surface area (Å²) in [5.74, 6) is 0. The Morgan fingerprint density at radius 3 is 1.83 bits per heavy atom. The summed E-state index contributed by atoms with van der Waals surface area (Å²) in [5.41, 5.74) is 14.0. The molecule has 0 aliphatic rings. The molecular formula is C16H22N2. The molecule has 0 bridgehead atoms. The molecule has 0 radical (unpaired) electrons. The van der Waals surface area contributed by atoms with E-state index >= 15 is 0 Å². The first-order chi connectivity index (χ1) is 8.86. The molecule has 0 atom stereocenters. The van der Waals surface area contributed by atoms with Crippen molar-refractivity contribution >= 4 is 10.8 Å². The van der Waals surface area contributed by atoms with Crippen LogP contribution in [0.5, 0.6) is 0 Å². The highest BCUT2D eigenvalue weighted by molar-refractivity contribution is 5.88. The van der Waals surface area contributed by atoms with Gasteiger partial charge < -0.3 is 11.5 Å². The van der Waals surface area contributed by atoms with Crippen LogP contribution in [0.1, 0.15) is 24.0 Å². The topological polar surface area (TPSA) is 52.0 Å². The molecule has 0 unspecified atom stereocenters. The van der Waals surface area contributed by atoms with E-state index in [0.717, 1.165) is 32.2 Å². The van der Waals surface area contributed by atoms with Crippen molar-refractivity contribution in [1.82, 2.24) is 0 Å². The Labute approximate surface area is 109 Å². The third-order valence-electron chi connectivity index (χ3n) is 3.42. The minimum Gasteiger partial charge on any atom is -0.330 e. The Bertz CT molecular complexity index is 505. The van der Waals surface area contributed by atoms with Crippen molar-refractivity contribution in [2.45, 2.75) is 25.7 Å². The zero-order valence-corrected chi connectivity index (χ0v) is 10.9. The highest BCUT2D eigenvalue weighted by atomic mass is 14.5. The Morgan fingerprint density at radius 2 is 1.28 bits per heavy atom. The minimum absolute atomic E-state index is 0.705. The van der Waals surface area contributed by atoms with Crippen LogP contribution in [-0.2, 0) is 12.8 Å². The zero-order valence-electron chi connectivity index (χ0n) is 10.9. The van der Waals surface area contributed by atoms with E-state index in [0.29, 0.717) is 6.54 Å². The molecule has 0 aliphatic carbocycles. The lowest BCUT2D eigenvalue weighted by Gasteiger charge is -2.10.